The number of sulfonamides is 1. The van der Waals surface area contributed by atoms with Crippen molar-refractivity contribution in [3.8, 4) is 0 Å². The van der Waals surface area contributed by atoms with E-state index in [9.17, 15) is 13.2 Å². The quantitative estimate of drug-likeness (QED) is 0.750. The van der Waals surface area contributed by atoms with Crippen molar-refractivity contribution in [3.63, 3.8) is 0 Å². The SMILES string of the molecule is O=C(O)CCS(=O)(=O)NCCc1ccccc1. The number of nitrogens with one attached hydrogen (secondary N) is 1. The lowest BCUT2D eigenvalue weighted by atomic mass is 10.2. The summed E-state index contributed by atoms with van der Waals surface area (Å²) in [5.41, 5.74) is 1.04. The topological polar surface area (TPSA) is 83.5 Å². The molecule has 0 saturated carbocycles. The first-order valence-corrected chi connectivity index (χ1v) is 6.88. The largest absolute Gasteiger partial charge is 0.481 e. The predicted molar refractivity (Wildman–Crippen MR) is 64.2 cm³/mol. The number of rotatable bonds is 7. The van der Waals surface area contributed by atoms with Gasteiger partial charge in [0.15, 0.2) is 0 Å². The average molecular weight is 257 g/mol. The molecule has 1 aromatic carbocycles. The van der Waals surface area contributed by atoms with Crippen LogP contribution in [0.3, 0.4) is 0 Å². The fourth-order valence-corrected chi connectivity index (χ4v) is 2.29. The highest BCUT2D eigenvalue weighted by Gasteiger charge is 2.11. The summed E-state index contributed by atoms with van der Waals surface area (Å²) in [4.78, 5) is 10.2. The van der Waals surface area contributed by atoms with E-state index in [1.807, 2.05) is 30.3 Å². The summed E-state index contributed by atoms with van der Waals surface area (Å²) >= 11 is 0. The lowest BCUT2D eigenvalue weighted by Crippen LogP contribution is -2.29. The zero-order valence-corrected chi connectivity index (χ0v) is 10.1. The summed E-state index contributed by atoms with van der Waals surface area (Å²) in [6, 6.07) is 9.47. The maximum Gasteiger partial charge on any atom is 0.304 e. The van der Waals surface area contributed by atoms with Crippen molar-refractivity contribution < 1.29 is 18.3 Å². The molecular weight excluding hydrogens is 242 g/mol. The second-order valence-electron chi connectivity index (χ2n) is 3.59. The fraction of sp³-hybridized carbons (Fsp3) is 0.364. The Bertz CT molecular complexity index is 456. The third-order valence-corrected chi connectivity index (χ3v) is 3.55. The van der Waals surface area contributed by atoms with Crippen LogP contribution in [0.4, 0.5) is 0 Å². The fourth-order valence-electron chi connectivity index (χ4n) is 1.29. The maximum absolute atomic E-state index is 11.4. The van der Waals surface area contributed by atoms with E-state index in [1.54, 1.807) is 0 Å². The molecule has 5 nitrogen and oxygen atoms in total. The van der Waals surface area contributed by atoms with Crippen LogP contribution >= 0.6 is 0 Å². The van der Waals surface area contributed by atoms with E-state index in [2.05, 4.69) is 4.72 Å². The van der Waals surface area contributed by atoms with E-state index in [1.165, 1.54) is 0 Å². The Labute approximate surface area is 101 Å². The second kappa shape index (κ2) is 6.36. The normalized spacial score (nSPS) is 11.3. The van der Waals surface area contributed by atoms with Crippen molar-refractivity contribution in [1.29, 1.82) is 0 Å². The van der Waals surface area contributed by atoms with Gasteiger partial charge in [0.1, 0.15) is 0 Å². The Balaban J connectivity index is 2.33. The molecular formula is C11H15NO4S. The third-order valence-electron chi connectivity index (χ3n) is 2.16. The standard InChI is InChI=1S/C11H15NO4S/c13-11(14)7-9-17(15,16)12-8-6-10-4-2-1-3-5-10/h1-5,12H,6-9H2,(H,13,14). The molecule has 0 unspecified atom stereocenters. The van der Waals surface area contributed by atoms with Crippen LogP contribution in [-0.2, 0) is 21.2 Å². The molecule has 2 N–H and O–H groups in total. The summed E-state index contributed by atoms with van der Waals surface area (Å²) in [6.07, 6.45) is 0.216. The Kier molecular flexibility index (Phi) is 5.11. The number of carboxylic acids is 1. The van der Waals surface area contributed by atoms with Crippen molar-refractivity contribution in [2.24, 2.45) is 0 Å². The molecule has 0 atom stereocenters. The molecule has 0 fully saturated rings. The highest BCUT2D eigenvalue weighted by molar-refractivity contribution is 7.89. The lowest BCUT2D eigenvalue weighted by molar-refractivity contribution is -0.136. The zero-order chi connectivity index (χ0) is 12.7. The molecule has 1 rings (SSSR count). The van der Waals surface area contributed by atoms with Crippen LogP contribution < -0.4 is 4.72 Å². The minimum atomic E-state index is -3.48. The van der Waals surface area contributed by atoms with Gasteiger partial charge in [-0.25, -0.2) is 13.1 Å². The molecule has 17 heavy (non-hydrogen) atoms. The average Bonchev–Trinajstić information content (AvgIpc) is 2.28. The number of carbonyl (C=O) groups is 1. The van der Waals surface area contributed by atoms with Crippen molar-refractivity contribution in [2.75, 3.05) is 12.3 Å². The van der Waals surface area contributed by atoms with Gasteiger partial charge in [-0.3, -0.25) is 4.79 Å². The predicted octanol–water partition coefficient (Wildman–Crippen LogP) is 0.623. The third kappa shape index (κ3) is 6.03. The molecule has 0 aliphatic carbocycles. The summed E-state index contributed by atoms with van der Waals surface area (Å²) in [7, 11) is -3.48. The molecule has 6 heteroatoms. The molecule has 0 amide bonds. The minimum absolute atomic E-state index is 0.284. The highest BCUT2D eigenvalue weighted by Crippen LogP contribution is 1.99. The molecule has 0 aromatic heterocycles. The van der Waals surface area contributed by atoms with Crippen LogP contribution in [0, 0.1) is 0 Å². The van der Waals surface area contributed by atoms with Crippen LogP contribution in [0.1, 0.15) is 12.0 Å². The highest BCUT2D eigenvalue weighted by atomic mass is 32.2. The Morgan fingerprint density at radius 1 is 1.24 bits per heavy atom. The molecule has 0 aliphatic heterocycles. The van der Waals surface area contributed by atoms with Crippen LogP contribution in [0.2, 0.25) is 0 Å². The summed E-state index contributed by atoms with van der Waals surface area (Å²) in [6.45, 7) is 0.284. The molecule has 1 aromatic rings. The van der Waals surface area contributed by atoms with Crippen LogP contribution in [0.5, 0.6) is 0 Å². The van der Waals surface area contributed by atoms with Gasteiger partial charge in [0.25, 0.3) is 0 Å². The summed E-state index contributed by atoms with van der Waals surface area (Å²) in [5, 5.41) is 8.39. The molecule has 0 heterocycles. The van der Waals surface area contributed by atoms with Gasteiger partial charge in [0.2, 0.25) is 10.0 Å². The van der Waals surface area contributed by atoms with Crippen molar-refractivity contribution in [3.05, 3.63) is 35.9 Å². The first-order valence-electron chi connectivity index (χ1n) is 5.23. The van der Waals surface area contributed by atoms with Crippen LogP contribution in [0.25, 0.3) is 0 Å². The van der Waals surface area contributed by atoms with Gasteiger partial charge in [-0.1, -0.05) is 30.3 Å². The van der Waals surface area contributed by atoms with E-state index < -0.39 is 16.0 Å². The Hall–Kier alpha value is -1.40. The van der Waals surface area contributed by atoms with E-state index >= 15 is 0 Å². The van der Waals surface area contributed by atoms with Crippen LogP contribution in [0.15, 0.2) is 30.3 Å². The van der Waals surface area contributed by atoms with Crippen molar-refractivity contribution in [2.45, 2.75) is 12.8 Å². The maximum atomic E-state index is 11.4. The Morgan fingerprint density at radius 3 is 2.47 bits per heavy atom. The lowest BCUT2D eigenvalue weighted by Gasteiger charge is -2.05. The molecule has 0 spiro atoms. The van der Waals surface area contributed by atoms with Gasteiger partial charge in [-0.2, -0.15) is 0 Å². The second-order valence-corrected chi connectivity index (χ2v) is 5.52. The smallest absolute Gasteiger partial charge is 0.304 e. The van der Waals surface area contributed by atoms with Gasteiger partial charge in [-0.15, -0.1) is 0 Å². The number of hydrogen-bond donors (Lipinski definition) is 2. The van der Waals surface area contributed by atoms with Gasteiger partial charge in [-0.05, 0) is 12.0 Å². The number of benzene rings is 1. The van der Waals surface area contributed by atoms with Crippen molar-refractivity contribution in [1.82, 2.24) is 4.72 Å². The summed E-state index contributed by atoms with van der Waals surface area (Å²) < 4.78 is 25.1. The minimum Gasteiger partial charge on any atom is -0.481 e. The van der Waals surface area contributed by atoms with E-state index in [4.69, 9.17) is 5.11 Å². The monoisotopic (exact) mass is 257 g/mol. The first kappa shape index (κ1) is 13.7. The van der Waals surface area contributed by atoms with Gasteiger partial charge < -0.3 is 5.11 Å². The zero-order valence-electron chi connectivity index (χ0n) is 9.30. The molecule has 0 bridgehead atoms. The summed E-state index contributed by atoms with van der Waals surface area (Å²) in [5.74, 6) is -1.49. The van der Waals surface area contributed by atoms with E-state index in [0.717, 1.165) is 5.56 Å². The number of hydrogen-bond acceptors (Lipinski definition) is 3. The van der Waals surface area contributed by atoms with Gasteiger partial charge in [0, 0.05) is 6.54 Å². The van der Waals surface area contributed by atoms with Gasteiger partial charge >= 0.3 is 5.97 Å². The number of carboxylic acid groups (broad SMARTS) is 1. The van der Waals surface area contributed by atoms with Gasteiger partial charge in [0.05, 0.1) is 12.2 Å². The molecule has 0 saturated heterocycles. The van der Waals surface area contributed by atoms with E-state index in [-0.39, 0.29) is 18.7 Å². The van der Waals surface area contributed by atoms with Crippen molar-refractivity contribution >= 4 is 16.0 Å². The number of aliphatic carboxylic acids is 1. The molecule has 0 radical (unpaired) electrons. The van der Waals surface area contributed by atoms with E-state index in [0.29, 0.717) is 6.42 Å². The van der Waals surface area contributed by atoms with Crippen LogP contribution in [-0.4, -0.2) is 31.8 Å². The molecule has 0 aliphatic rings. The Morgan fingerprint density at radius 2 is 1.88 bits per heavy atom. The molecule has 94 valence electrons. The first-order chi connectivity index (χ1) is 7.99.